The van der Waals surface area contributed by atoms with Gasteiger partial charge < -0.3 is 5.11 Å². The normalized spacial score (nSPS) is 29.1. The van der Waals surface area contributed by atoms with E-state index in [0.29, 0.717) is 6.42 Å². The van der Waals surface area contributed by atoms with Gasteiger partial charge in [-0.1, -0.05) is 38.5 Å². The average molecular weight is 279 g/mol. The lowest BCUT2D eigenvalue weighted by atomic mass is 9.73. The monoisotopic (exact) mass is 279 g/mol. The SMILES string of the molecule is O=C1CC2(CCCCC2)C(=O)N1CC1(O)CCCCC1. The Bertz CT molecular complexity index is 406. The molecule has 2 aliphatic carbocycles. The lowest BCUT2D eigenvalue weighted by Gasteiger charge is -2.36. The molecule has 4 nitrogen and oxygen atoms in total. The zero-order valence-corrected chi connectivity index (χ0v) is 12.2. The van der Waals surface area contributed by atoms with E-state index >= 15 is 0 Å². The van der Waals surface area contributed by atoms with E-state index < -0.39 is 11.0 Å². The molecule has 0 unspecified atom stereocenters. The summed E-state index contributed by atoms with van der Waals surface area (Å²) >= 11 is 0. The van der Waals surface area contributed by atoms with Gasteiger partial charge in [0.2, 0.25) is 11.8 Å². The minimum Gasteiger partial charge on any atom is -0.388 e. The molecule has 0 radical (unpaired) electrons. The van der Waals surface area contributed by atoms with Crippen LogP contribution in [0.5, 0.6) is 0 Å². The van der Waals surface area contributed by atoms with Crippen LogP contribution in [-0.4, -0.2) is 34.0 Å². The molecule has 1 heterocycles. The average Bonchev–Trinajstić information content (AvgIpc) is 2.65. The van der Waals surface area contributed by atoms with Crippen molar-refractivity contribution in [1.29, 1.82) is 0 Å². The molecule has 0 aromatic heterocycles. The van der Waals surface area contributed by atoms with E-state index in [0.717, 1.165) is 57.8 Å². The number of likely N-dealkylation sites (tertiary alicyclic amines) is 1. The summed E-state index contributed by atoms with van der Waals surface area (Å²) in [6, 6.07) is 0. The summed E-state index contributed by atoms with van der Waals surface area (Å²) in [5, 5.41) is 10.6. The van der Waals surface area contributed by atoms with Gasteiger partial charge in [0, 0.05) is 6.42 Å². The van der Waals surface area contributed by atoms with Gasteiger partial charge in [0.25, 0.3) is 0 Å². The number of hydrogen-bond acceptors (Lipinski definition) is 3. The quantitative estimate of drug-likeness (QED) is 0.790. The second-order valence-corrected chi connectivity index (χ2v) is 7.09. The first-order chi connectivity index (χ1) is 9.55. The first kappa shape index (κ1) is 14.1. The Morgan fingerprint density at radius 2 is 1.45 bits per heavy atom. The van der Waals surface area contributed by atoms with Crippen molar-refractivity contribution in [3.05, 3.63) is 0 Å². The molecule has 2 amide bonds. The molecule has 3 fully saturated rings. The van der Waals surface area contributed by atoms with E-state index in [-0.39, 0.29) is 18.4 Å². The minimum atomic E-state index is -0.830. The maximum absolute atomic E-state index is 12.7. The summed E-state index contributed by atoms with van der Waals surface area (Å²) in [5.41, 5.74) is -1.25. The molecule has 0 aromatic rings. The van der Waals surface area contributed by atoms with Crippen LogP contribution in [0.25, 0.3) is 0 Å². The van der Waals surface area contributed by atoms with Crippen LogP contribution >= 0.6 is 0 Å². The van der Waals surface area contributed by atoms with E-state index in [2.05, 4.69) is 0 Å². The number of β-amino-alcohol motifs (C(OH)–C–C–N with tert-alkyl or cyclic N) is 1. The molecule has 0 bridgehead atoms. The van der Waals surface area contributed by atoms with Crippen LogP contribution in [0.1, 0.15) is 70.6 Å². The highest BCUT2D eigenvalue weighted by atomic mass is 16.3. The first-order valence-corrected chi connectivity index (χ1v) is 8.12. The maximum atomic E-state index is 12.7. The first-order valence-electron chi connectivity index (χ1n) is 8.12. The second kappa shape index (κ2) is 5.14. The molecule has 1 N–H and O–H groups in total. The van der Waals surface area contributed by atoms with Crippen molar-refractivity contribution in [3.63, 3.8) is 0 Å². The molecule has 1 aliphatic heterocycles. The predicted molar refractivity (Wildman–Crippen MR) is 74.9 cm³/mol. The molecule has 1 spiro atoms. The van der Waals surface area contributed by atoms with Gasteiger partial charge in [-0.15, -0.1) is 0 Å². The molecule has 0 aromatic carbocycles. The number of carbonyl (C=O) groups is 2. The molecule has 3 aliphatic rings. The van der Waals surface area contributed by atoms with Crippen LogP contribution < -0.4 is 0 Å². The standard InChI is InChI=1S/C16H25NO3/c18-13-11-15(7-3-1-4-8-15)14(19)17(13)12-16(20)9-5-2-6-10-16/h20H,1-12H2. The smallest absolute Gasteiger partial charge is 0.236 e. The topological polar surface area (TPSA) is 57.6 Å². The maximum Gasteiger partial charge on any atom is 0.236 e. The molecular formula is C16H25NO3. The van der Waals surface area contributed by atoms with Gasteiger partial charge >= 0.3 is 0 Å². The zero-order valence-electron chi connectivity index (χ0n) is 12.2. The Morgan fingerprint density at radius 3 is 2.05 bits per heavy atom. The Hall–Kier alpha value is -0.900. The minimum absolute atomic E-state index is 0.00111. The summed E-state index contributed by atoms with van der Waals surface area (Å²) < 4.78 is 0. The molecule has 4 heteroatoms. The summed E-state index contributed by atoms with van der Waals surface area (Å²) in [7, 11) is 0. The number of amides is 2. The number of rotatable bonds is 2. The second-order valence-electron chi connectivity index (χ2n) is 7.09. The molecule has 1 saturated heterocycles. The third-order valence-corrected chi connectivity index (χ3v) is 5.54. The van der Waals surface area contributed by atoms with Crippen LogP contribution in [0.4, 0.5) is 0 Å². The van der Waals surface area contributed by atoms with Gasteiger partial charge in [-0.3, -0.25) is 14.5 Å². The Kier molecular flexibility index (Phi) is 3.61. The lowest BCUT2D eigenvalue weighted by Crippen LogP contribution is -2.48. The van der Waals surface area contributed by atoms with E-state index in [1.54, 1.807) is 0 Å². The number of hydrogen-bond donors (Lipinski definition) is 1. The molecule has 20 heavy (non-hydrogen) atoms. The number of imide groups is 1. The Labute approximate surface area is 120 Å². The van der Waals surface area contributed by atoms with Gasteiger partial charge in [0.05, 0.1) is 17.6 Å². The largest absolute Gasteiger partial charge is 0.388 e. The lowest BCUT2D eigenvalue weighted by molar-refractivity contribution is -0.147. The molecular weight excluding hydrogens is 254 g/mol. The van der Waals surface area contributed by atoms with Crippen molar-refractivity contribution in [1.82, 2.24) is 4.90 Å². The van der Waals surface area contributed by atoms with Crippen molar-refractivity contribution in [3.8, 4) is 0 Å². The van der Waals surface area contributed by atoms with E-state index in [4.69, 9.17) is 0 Å². The van der Waals surface area contributed by atoms with E-state index in [9.17, 15) is 14.7 Å². The summed E-state index contributed by atoms with van der Waals surface area (Å²) in [4.78, 5) is 26.4. The molecule has 2 saturated carbocycles. The van der Waals surface area contributed by atoms with Gasteiger partial charge in [-0.05, 0) is 25.7 Å². The fraction of sp³-hybridized carbons (Fsp3) is 0.875. The van der Waals surface area contributed by atoms with E-state index in [1.807, 2.05) is 0 Å². The van der Waals surface area contributed by atoms with Gasteiger partial charge in [0.15, 0.2) is 0 Å². The number of aliphatic hydroxyl groups is 1. The summed E-state index contributed by atoms with van der Waals surface area (Å²) in [6.07, 6.45) is 9.94. The van der Waals surface area contributed by atoms with Crippen molar-refractivity contribution in [2.75, 3.05) is 6.54 Å². The Balaban J connectivity index is 1.73. The highest BCUT2D eigenvalue weighted by Crippen LogP contribution is 2.46. The van der Waals surface area contributed by atoms with Gasteiger partial charge in [-0.25, -0.2) is 0 Å². The zero-order chi connectivity index (χ0) is 14.2. The molecule has 112 valence electrons. The van der Waals surface area contributed by atoms with Gasteiger partial charge in [0.1, 0.15) is 0 Å². The third-order valence-electron chi connectivity index (χ3n) is 5.54. The van der Waals surface area contributed by atoms with Crippen LogP contribution in [0.15, 0.2) is 0 Å². The van der Waals surface area contributed by atoms with E-state index in [1.165, 1.54) is 11.3 Å². The van der Waals surface area contributed by atoms with Gasteiger partial charge in [-0.2, -0.15) is 0 Å². The molecule has 0 atom stereocenters. The molecule has 3 rings (SSSR count). The number of nitrogens with zero attached hydrogens (tertiary/aromatic N) is 1. The van der Waals surface area contributed by atoms with Crippen LogP contribution in [-0.2, 0) is 9.59 Å². The van der Waals surface area contributed by atoms with Crippen molar-refractivity contribution >= 4 is 11.8 Å². The Morgan fingerprint density at radius 1 is 0.900 bits per heavy atom. The fourth-order valence-corrected chi connectivity index (χ4v) is 4.30. The van der Waals surface area contributed by atoms with Crippen molar-refractivity contribution in [2.45, 2.75) is 76.2 Å². The van der Waals surface area contributed by atoms with Crippen LogP contribution in [0.3, 0.4) is 0 Å². The highest BCUT2D eigenvalue weighted by Gasteiger charge is 2.52. The third kappa shape index (κ3) is 2.39. The summed E-state index contributed by atoms with van der Waals surface area (Å²) in [5.74, 6) is -0.0582. The van der Waals surface area contributed by atoms with Crippen molar-refractivity contribution in [2.24, 2.45) is 5.41 Å². The number of carbonyl (C=O) groups excluding carboxylic acids is 2. The highest BCUT2D eigenvalue weighted by molar-refractivity contribution is 6.06. The van der Waals surface area contributed by atoms with Crippen LogP contribution in [0, 0.1) is 5.41 Å². The summed E-state index contributed by atoms with van der Waals surface area (Å²) in [6.45, 7) is 0.229. The predicted octanol–water partition coefficient (Wildman–Crippen LogP) is 2.39. The van der Waals surface area contributed by atoms with Crippen molar-refractivity contribution < 1.29 is 14.7 Å². The fourth-order valence-electron chi connectivity index (χ4n) is 4.30. The van der Waals surface area contributed by atoms with Crippen LogP contribution in [0.2, 0.25) is 0 Å².